The fourth-order valence-corrected chi connectivity index (χ4v) is 3.67. The van der Waals surface area contributed by atoms with Crippen LogP contribution in [0.3, 0.4) is 0 Å². The molecule has 0 N–H and O–H groups in total. The van der Waals surface area contributed by atoms with Crippen LogP contribution in [0.25, 0.3) is 0 Å². The van der Waals surface area contributed by atoms with Gasteiger partial charge in [-0.1, -0.05) is 12.1 Å². The zero-order valence-electron chi connectivity index (χ0n) is 16.7. The predicted octanol–water partition coefficient (Wildman–Crippen LogP) is 3.00. The van der Waals surface area contributed by atoms with Crippen molar-refractivity contribution in [3.8, 4) is 0 Å². The number of nitrogens with zero attached hydrogens (tertiary/aromatic N) is 4. The van der Waals surface area contributed by atoms with Crippen molar-refractivity contribution >= 4 is 17.5 Å². The van der Waals surface area contributed by atoms with Crippen LogP contribution in [0.1, 0.15) is 46.6 Å². The molecule has 1 aliphatic heterocycles. The molecule has 27 heavy (non-hydrogen) atoms. The molecule has 0 atom stereocenters. The number of hydrogen-bond donors (Lipinski definition) is 0. The van der Waals surface area contributed by atoms with Crippen LogP contribution in [-0.2, 0) is 11.8 Å². The molecule has 1 saturated heterocycles. The van der Waals surface area contributed by atoms with E-state index in [2.05, 4.69) is 5.10 Å². The molecule has 144 valence electrons. The monoisotopic (exact) mass is 368 g/mol. The molecule has 0 radical (unpaired) electrons. The number of rotatable bonds is 4. The zero-order chi connectivity index (χ0) is 19.6. The highest BCUT2D eigenvalue weighted by Gasteiger charge is 2.28. The highest BCUT2D eigenvalue weighted by molar-refractivity contribution is 6.10. The molecule has 0 saturated carbocycles. The number of benzene rings is 1. The quantitative estimate of drug-likeness (QED) is 0.834. The lowest BCUT2D eigenvalue weighted by molar-refractivity contribution is -0.130. The molecule has 0 spiro atoms. The summed E-state index contributed by atoms with van der Waals surface area (Å²) in [5, 5.41) is 4.37. The van der Waals surface area contributed by atoms with E-state index in [0.29, 0.717) is 11.3 Å². The van der Waals surface area contributed by atoms with Crippen LogP contribution >= 0.6 is 0 Å². The van der Waals surface area contributed by atoms with E-state index in [1.807, 2.05) is 57.0 Å². The number of aryl methyl sites for hydroxylation is 3. The molecule has 3 rings (SSSR count). The largest absolute Gasteiger partial charge is 0.341 e. The minimum atomic E-state index is -0.172. The Balaban J connectivity index is 1.94. The molecule has 0 unspecified atom stereocenters. The molecule has 2 amide bonds. The van der Waals surface area contributed by atoms with Gasteiger partial charge < -0.3 is 4.90 Å². The molecule has 2 aromatic rings. The molecule has 1 aliphatic rings. The second-order valence-electron chi connectivity index (χ2n) is 7.34. The van der Waals surface area contributed by atoms with Crippen molar-refractivity contribution in [3.05, 3.63) is 46.8 Å². The molecule has 2 heterocycles. The minimum Gasteiger partial charge on any atom is -0.341 e. The topological polar surface area (TPSA) is 58.4 Å². The standard InChI is InChI=1S/C21H28N4O2/c1-15-9-8-10-18(13-15)25(14-19(26)24-11-6-5-7-12-24)21(27)20-16(2)22-23(4)17(20)3/h8-10,13H,5-7,11-12,14H2,1-4H3. The second-order valence-corrected chi connectivity index (χ2v) is 7.34. The fraction of sp³-hybridized carbons (Fsp3) is 0.476. The Kier molecular flexibility index (Phi) is 5.63. The summed E-state index contributed by atoms with van der Waals surface area (Å²) in [5.74, 6) is -0.169. The van der Waals surface area contributed by atoms with Crippen molar-refractivity contribution in [3.63, 3.8) is 0 Å². The van der Waals surface area contributed by atoms with E-state index in [0.717, 1.165) is 42.9 Å². The van der Waals surface area contributed by atoms with E-state index in [1.165, 1.54) is 6.42 Å². The van der Waals surface area contributed by atoms with Gasteiger partial charge in [0.1, 0.15) is 6.54 Å². The fourth-order valence-electron chi connectivity index (χ4n) is 3.67. The van der Waals surface area contributed by atoms with Gasteiger partial charge in [0.15, 0.2) is 0 Å². The molecule has 0 aliphatic carbocycles. The number of amides is 2. The first-order valence-corrected chi connectivity index (χ1v) is 9.55. The number of likely N-dealkylation sites (tertiary alicyclic amines) is 1. The van der Waals surface area contributed by atoms with E-state index in [1.54, 1.807) is 9.58 Å². The van der Waals surface area contributed by atoms with Crippen LogP contribution in [0.15, 0.2) is 24.3 Å². The Morgan fingerprint density at radius 2 is 1.81 bits per heavy atom. The Hall–Kier alpha value is -2.63. The summed E-state index contributed by atoms with van der Waals surface area (Å²) in [6.07, 6.45) is 3.23. The molecule has 6 nitrogen and oxygen atoms in total. The van der Waals surface area contributed by atoms with Crippen molar-refractivity contribution in [1.82, 2.24) is 14.7 Å². The van der Waals surface area contributed by atoms with Crippen LogP contribution in [-0.4, -0.2) is 46.1 Å². The molecule has 1 aromatic carbocycles. The number of anilines is 1. The van der Waals surface area contributed by atoms with Gasteiger partial charge in [0.2, 0.25) is 5.91 Å². The smallest absolute Gasteiger partial charge is 0.262 e. The number of hydrogen-bond acceptors (Lipinski definition) is 3. The molecular formula is C21H28N4O2. The van der Waals surface area contributed by atoms with Crippen molar-refractivity contribution < 1.29 is 9.59 Å². The van der Waals surface area contributed by atoms with Gasteiger partial charge in [-0.2, -0.15) is 5.10 Å². The first kappa shape index (κ1) is 19.1. The lowest BCUT2D eigenvalue weighted by atomic mass is 10.1. The second kappa shape index (κ2) is 7.94. The van der Waals surface area contributed by atoms with E-state index in [9.17, 15) is 9.59 Å². The van der Waals surface area contributed by atoms with Crippen LogP contribution in [0.2, 0.25) is 0 Å². The maximum absolute atomic E-state index is 13.4. The third-order valence-electron chi connectivity index (χ3n) is 5.28. The van der Waals surface area contributed by atoms with Gasteiger partial charge in [0.25, 0.3) is 5.91 Å². The summed E-state index contributed by atoms with van der Waals surface area (Å²) < 4.78 is 1.71. The highest BCUT2D eigenvalue weighted by atomic mass is 16.2. The average molecular weight is 368 g/mol. The Labute approximate surface area is 160 Å². The third-order valence-corrected chi connectivity index (χ3v) is 5.28. The van der Waals surface area contributed by atoms with Crippen molar-refractivity contribution in [2.45, 2.75) is 40.0 Å². The molecule has 1 aromatic heterocycles. The number of piperidine rings is 1. The Morgan fingerprint density at radius 1 is 1.11 bits per heavy atom. The summed E-state index contributed by atoms with van der Waals surface area (Å²) in [4.78, 5) is 29.8. The summed E-state index contributed by atoms with van der Waals surface area (Å²) in [6, 6.07) is 7.73. The van der Waals surface area contributed by atoms with Crippen molar-refractivity contribution in [1.29, 1.82) is 0 Å². The van der Waals surface area contributed by atoms with Crippen molar-refractivity contribution in [2.24, 2.45) is 7.05 Å². The summed E-state index contributed by atoms with van der Waals surface area (Å²) in [7, 11) is 1.83. The molecule has 6 heteroatoms. The SMILES string of the molecule is Cc1cccc(N(CC(=O)N2CCCCC2)C(=O)c2c(C)nn(C)c2C)c1. The number of carbonyl (C=O) groups excluding carboxylic acids is 2. The van der Waals surface area contributed by atoms with E-state index < -0.39 is 0 Å². The first-order valence-electron chi connectivity index (χ1n) is 9.55. The van der Waals surface area contributed by atoms with Gasteiger partial charge in [0.05, 0.1) is 11.3 Å². The average Bonchev–Trinajstić information content (AvgIpc) is 2.91. The first-order chi connectivity index (χ1) is 12.9. The summed E-state index contributed by atoms with van der Waals surface area (Å²) in [5.41, 5.74) is 3.86. The number of carbonyl (C=O) groups is 2. The maximum atomic E-state index is 13.4. The van der Waals surface area contributed by atoms with E-state index in [4.69, 9.17) is 0 Å². The molecular weight excluding hydrogens is 340 g/mol. The Bertz CT molecular complexity index is 850. The highest BCUT2D eigenvalue weighted by Crippen LogP contribution is 2.22. The summed E-state index contributed by atoms with van der Waals surface area (Å²) in [6.45, 7) is 7.31. The zero-order valence-corrected chi connectivity index (χ0v) is 16.7. The van der Waals surface area contributed by atoms with Gasteiger partial charge >= 0.3 is 0 Å². The Morgan fingerprint density at radius 3 is 2.41 bits per heavy atom. The van der Waals surface area contributed by atoms with Gasteiger partial charge in [-0.15, -0.1) is 0 Å². The lowest BCUT2D eigenvalue weighted by Crippen LogP contribution is -2.45. The third kappa shape index (κ3) is 4.04. The maximum Gasteiger partial charge on any atom is 0.262 e. The minimum absolute atomic E-state index is 0.00347. The predicted molar refractivity (Wildman–Crippen MR) is 106 cm³/mol. The normalized spacial score (nSPS) is 14.3. The van der Waals surface area contributed by atoms with E-state index >= 15 is 0 Å². The molecule has 1 fully saturated rings. The summed E-state index contributed by atoms with van der Waals surface area (Å²) >= 11 is 0. The number of aromatic nitrogens is 2. The van der Waals surface area contributed by atoms with Crippen molar-refractivity contribution in [2.75, 3.05) is 24.5 Å². The van der Waals surface area contributed by atoms with Crippen LogP contribution in [0, 0.1) is 20.8 Å². The van der Waals surface area contributed by atoms with Gasteiger partial charge in [-0.25, -0.2) is 0 Å². The van der Waals surface area contributed by atoms with Gasteiger partial charge in [-0.3, -0.25) is 19.2 Å². The van der Waals surface area contributed by atoms with Crippen LogP contribution < -0.4 is 4.90 Å². The molecule has 0 bridgehead atoms. The lowest BCUT2D eigenvalue weighted by Gasteiger charge is -2.30. The van der Waals surface area contributed by atoms with Gasteiger partial charge in [-0.05, 0) is 57.7 Å². The van der Waals surface area contributed by atoms with Crippen LogP contribution in [0.5, 0.6) is 0 Å². The van der Waals surface area contributed by atoms with Gasteiger partial charge in [0, 0.05) is 31.5 Å². The van der Waals surface area contributed by atoms with E-state index in [-0.39, 0.29) is 18.4 Å². The van der Waals surface area contributed by atoms with Crippen LogP contribution in [0.4, 0.5) is 5.69 Å².